The number of rotatable bonds is 10. The molecule has 0 aromatic heterocycles. The Labute approximate surface area is 140 Å². The third kappa shape index (κ3) is 7.71. The standard InChI is InChI=1S/C16H21NO5S/c18-15(19)10-9-13(16(20)21)11-17(22)14(23)8-4-7-12-5-2-1-3-6-12/h1-3,5-6,13,22H,4,7-11H2,(H,18,19)(H,20,21). The lowest BCUT2D eigenvalue weighted by Crippen LogP contribution is -2.34. The normalized spacial score (nSPS) is 11.7. The Balaban J connectivity index is 2.38. The summed E-state index contributed by atoms with van der Waals surface area (Å²) in [5.74, 6) is -3.17. The summed E-state index contributed by atoms with van der Waals surface area (Å²) in [7, 11) is 0. The molecule has 0 saturated heterocycles. The van der Waals surface area contributed by atoms with Crippen LogP contribution in [0.3, 0.4) is 0 Å². The molecule has 0 saturated carbocycles. The predicted molar refractivity (Wildman–Crippen MR) is 88.5 cm³/mol. The molecule has 126 valence electrons. The van der Waals surface area contributed by atoms with Gasteiger partial charge in [0.05, 0.1) is 12.5 Å². The van der Waals surface area contributed by atoms with Gasteiger partial charge in [-0.15, -0.1) is 0 Å². The van der Waals surface area contributed by atoms with Crippen LogP contribution in [0.4, 0.5) is 0 Å². The zero-order valence-corrected chi connectivity index (χ0v) is 13.5. The largest absolute Gasteiger partial charge is 0.481 e. The number of carbonyl (C=O) groups is 2. The summed E-state index contributed by atoms with van der Waals surface area (Å²) in [6.45, 7) is -0.202. The predicted octanol–water partition coefficient (Wildman–Crippen LogP) is 2.59. The first-order valence-electron chi connectivity index (χ1n) is 7.38. The molecular weight excluding hydrogens is 318 g/mol. The Morgan fingerprint density at radius 2 is 1.78 bits per heavy atom. The average molecular weight is 339 g/mol. The van der Waals surface area contributed by atoms with Gasteiger partial charge in [0.25, 0.3) is 0 Å². The van der Waals surface area contributed by atoms with Crippen LogP contribution in [0.25, 0.3) is 0 Å². The Morgan fingerprint density at radius 3 is 2.35 bits per heavy atom. The van der Waals surface area contributed by atoms with E-state index in [0.29, 0.717) is 6.42 Å². The molecule has 0 fully saturated rings. The summed E-state index contributed by atoms with van der Waals surface area (Å²) in [6.07, 6.45) is 1.72. The van der Waals surface area contributed by atoms with Crippen molar-refractivity contribution in [2.24, 2.45) is 5.92 Å². The Bertz CT molecular complexity index is 535. The summed E-state index contributed by atoms with van der Waals surface area (Å²) in [4.78, 5) is 21.9. The van der Waals surface area contributed by atoms with E-state index in [1.807, 2.05) is 30.3 Å². The van der Waals surface area contributed by atoms with Gasteiger partial charge < -0.3 is 10.2 Å². The molecule has 1 aromatic carbocycles. The molecular formula is C16H21NO5S. The van der Waals surface area contributed by atoms with Crippen LogP contribution in [0.15, 0.2) is 30.3 Å². The number of carboxylic acids is 2. The fraction of sp³-hybridized carbons (Fsp3) is 0.438. The number of carboxylic acid groups (broad SMARTS) is 2. The molecule has 1 unspecified atom stereocenters. The Morgan fingerprint density at radius 1 is 1.13 bits per heavy atom. The van der Waals surface area contributed by atoms with E-state index < -0.39 is 17.9 Å². The maximum absolute atomic E-state index is 11.1. The van der Waals surface area contributed by atoms with E-state index in [1.165, 1.54) is 5.56 Å². The van der Waals surface area contributed by atoms with Gasteiger partial charge in [-0.25, -0.2) is 5.06 Å². The summed E-state index contributed by atoms with van der Waals surface area (Å²) in [5, 5.41) is 28.3. The SMILES string of the molecule is O=C(O)CCC(CN(O)C(=S)CCCc1ccccc1)C(=O)O. The van der Waals surface area contributed by atoms with Gasteiger partial charge in [0.1, 0.15) is 4.99 Å². The van der Waals surface area contributed by atoms with Crippen LogP contribution in [0, 0.1) is 5.92 Å². The molecule has 0 aliphatic carbocycles. The number of benzene rings is 1. The maximum Gasteiger partial charge on any atom is 0.308 e. The molecule has 3 N–H and O–H groups in total. The second kappa shape index (κ2) is 9.91. The summed E-state index contributed by atoms with van der Waals surface area (Å²) >= 11 is 5.10. The smallest absolute Gasteiger partial charge is 0.308 e. The van der Waals surface area contributed by atoms with Gasteiger partial charge >= 0.3 is 11.9 Å². The third-order valence-electron chi connectivity index (χ3n) is 3.44. The van der Waals surface area contributed by atoms with Crippen LogP contribution in [-0.2, 0) is 16.0 Å². The minimum atomic E-state index is -1.14. The van der Waals surface area contributed by atoms with Crippen LogP contribution in [-0.4, -0.2) is 44.0 Å². The van der Waals surface area contributed by atoms with Crippen molar-refractivity contribution < 1.29 is 25.0 Å². The van der Waals surface area contributed by atoms with E-state index in [0.717, 1.165) is 17.9 Å². The van der Waals surface area contributed by atoms with E-state index >= 15 is 0 Å². The zero-order valence-electron chi connectivity index (χ0n) is 12.7. The second-order valence-corrected chi connectivity index (χ2v) is 5.75. The van der Waals surface area contributed by atoms with E-state index in [2.05, 4.69) is 0 Å². The zero-order chi connectivity index (χ0) is 17.2. The minimum absolute atomic E-state index is 0.0473. The Hall–Kier alpha value is -1.99. The van der Waals surface area contributed by atoms with E-state index in [-0.39, 0.29) is 24.4 Å². The second-order valence-electron chi connectivity index (χ2n) is 5.28. The van der Waals surface area contributed by atoms with Crippen molar-refractivity contribution in [2.45, 2.75) is 32.1 Å². The molecule has 0 amide bonds. The number of aliphatic carboxylic acids is 2. The molecule has 1 atom stereocenters. The van der Waals surface area contributed by atoms with Crippen LogP contribution in [0.1, 0.15) is 31.2 Å². The van der Waals surface area contributed by atoms with Crippen LogP contribution in [0.2, 0.25) is 0 Å². The molecule has 0 spiro atoms. The fourth-order valence-electron chi connectivity index (χ4n) is 2.12. The minimum Gasteiger partial charge on any atom is -0.481 e. The number of thiocarbonyl (C=S) groups is 1. The van der Waals surface area contributed by atoms with Gasteiger partial charge in [-0.1, -0.05) is 42.5 Å². The lowest BCUT2D eigenvalue weighted by Gasteiger charge is -2.21. The van der Waals surface area contributed by atoms with Gasteiger partial charge in [-0.2, -0.15) is 0 Å². The van der Waals surface area contributed by atoms with Crippen LogP contribution >= 0.6 is 12.2 Å². The summed E-state index contributed by atoms with van der Waals surface area (Å²) < 4.78 is 0. The lowest BCUT2D eigenvalue weighted by molar-refractivity contribution is -0.146. The number of hydrogen-bond acceptors (Lipinski definition) is 4. The first kappa shape index (κ1) is 19.1. The molecule has 0 bridgehead atoms. The van der Waals surface area contributed by atoms with Crippen LogP contribution < -0.4 is 0 Å². The van der Waals surface area contributed by atoms with Crippen molar-refractivity contribution in [3.8, 4) is 0 Å². The van der Waals surface area contributed by atoms with Gasteiger partial charge in [0.2, 0.25) is 0 Å². The van der Waals surface area contributed by atoms with Crippen molar-refractivity contribution in [1.29, 1.82) is 0 Å². The topological polar surface area (TPSA) is 98.1 Å². The molecule has 0 aliphatic heterocycles. The molecule has 0 radical (unpaired) electrons. The lowest BCUT2D eigenvalue weighted by atomic mass is 10.0. The van der Waals surface area contributed by atoms with Gasteiger partial charge in [0.15, 0.2) is 0 Å². The Kier molecular flexibility index (Phi) is 8.21. The highest BCUT2D eigenvalue weighted by Gasteiger charge is 2.22. The first-order chi connectivity index (χ1) is 10.9. The van der Waals surface area contributed by atoms with Crippen LogP contribution in [0.5, 0.6) is 0 Å². The van der Waals surface area contributed by atoms with E-state index in [1.54, 1.807) is 0 Å². The number of hydroxylamine groups is 2. The number of hydrogen-bond donors (Lipinski definition) is 3. The van der Waals surface area contributed by atoms with Crippen molar-refractivity contribution in [2.75, 3.05) is 6.54 Å². The number of aryl methyl sites for hydroxylation is 1. The highest BCUT2D eigenvalue weighted by Crippen LogP contribution is 2.12. The van der Waals surface area contributed by atoms with Crippen molar-refractivity contribution >= 4 is 29.1 Å². The highest BCUT2D eigenvalue weighted by molar-refractivity contribution is 7.80. The maximum atomic E-state index is 11.1. The number of nitrogens with zero attached hydrogens (tertiary/aromatic N) is 1. The molecule has 7 heteroatoms. The van der Waals surface area contributed by atoms with Crippen molar-refractivity contribution in [1.82, 2.24) is 5.06 Å². The van der Waals surface area contributed by atoms with Gasteiger partial charge in [0, 0.05) is 12.8 Å². The average Bonchev–Trinajstić information content (AvgIpc) is 2.51. The molecule has 0 aliphatic rings. The monoisotopic (exact) mass is 339 g/mol. The molecule has 6 nitrogen and oxygen atoms in total. The third-order valence-corrected chi connectivity index (χ3v) is 3.85. The molecule has 23 heavy (non-hydrogen) atoms. The molecule has 1 aromatic rings. The van der Waals surface area contributed by atoms with Gasteiger partial charge in [-0.05, 0) is 24.8 Å². The first-order valence-corrected chi connectivity index (χ1v) is 7.78. The molecule has 1 rings (SSSR count). The summed E-state index contributed by atoms with van der Waals surface area (Å²) in [5.41, 5.74) is 1.17. The fourth-order valence-corrected chi connectivity index (χ4v) is 2.34. The molecule has 0 heterocycles. The quantitative estimate of drug-likeness (QED) is 0.445. The summed E-state index contributed by atoms with van der Waals surface area (Å²) in [6, 6.07) is 9.85. The van der Waals surface area contributed by atoms with E-state index in [9.17, 15) is 14.8 Å². The van der Waals surface area contributed by atoms with Crippen molar-refractivity contribution in [3.05, 3.63) is 35.9 Å². The van der Waals surface area contributed by atoms with E-state index in [4.69, 9.17) is 22.4 Å². The highest BCUT2D eigenvalue weighted by atomic mass is 32.1. The van der Waals surface area contributed by atoms with Gasteiger partial charge in [-0.3, -0.25) is 14.8 Å². The van der Waals surface area contributed by atoms with Crippen molar-refractivity contribution in [3.63, 3.8) is 0 Å².